The fraction of sp³-hybridized carbons (Fsp3) is 0.0577. The van der Waals surface area contributed by atoms with Crippen molar-refractivity contribution in [3.05, 3.63) is 205 Å². The lowest BCUT2D eigenvalue weighted by atomic mass is 9.92. The average Bonchev–Trinajstić information content (AvgIpc) is 3.27. The summed E-state index contributed by atoms with van der Waals surface area (Å²) in [7, 11) is 0. The van der Waals surface area contributed by atoms with Gasteiger partial charge in [-0.15, -0.1) is 0 Å². The van der Waals surface area contributed by atoms with Crippen molar-refractivity contribution in [1.29, 1.82) is 0 Å². The van der Waals surface area contributed by atoms with E-state index in [0.717, 1.165) is 67.6 Å². The van der Waals surface area contributed by atoms with Crippen LogP contribution in [0.15, 0.2) is 194 Å². The molecule has 0 spiro atoms. The molecule has 0 amide bonds. The lowest BCUT2D eigenvalue weighted by Crippen LogP contribution is -1.98. The van der Waals surface area contributed by atoms with Gasteiger partial charge in [-0.2, -0.15) is 9.97 Å². The van der Waals surface area contributed by atoms with E-state index in [9.17, 15) is 0 Å². The summed E-state index contributed by atoms with van der Waals surface area (Å²) >= 11 is 6.67. The number of hydrogen-bond acceptors (Lipinski definition) is 3. The van der Waals surface area contributed by atoms with Crippen LogP contribution < -0.4 is 0 Å². The average molecular weight is 742 g/mol. The molecule has 0 bridgehead atoms. The van der Waals surface area contributed by atoms with Crippen LogP contribution in [-0.4, -0.2) is 15.0 Å². The summed E-state index contributed by atoms with van der Waals surface area (Å²) in [4.78, 5) is 14.2. The Morgan fingerprint density at radius 1 is 0.429 bits per heavy atom. The number of allylic oxidation sites excluding steroid dienone is 4. The molecule has 270 valence electrons. The van der Waals surface area contributed by atoms with Crippen LogP contribution in [0.4, 0.5) is 0 Å². The number of aromatic nitrogens is 3. The van der Waals surface area contributed by atoms with Gasteiger partial charge in [0.1, 0.15) is 0 Å². The summed E-state index contributed by atoms with van der Waals surface area (Å²) in [6, 6.07) is 61.8. The van der Waals surface area contributed by atoms with Crippen molar-refractivity contribution in [2.75, 3.05) is 0 Å². The van der Waals surface area contributed by atoms with Gasteiger partial charge in [-0.25, -0.2) is 4.98 Å². The molecule has 1 aromatic heterocycles. The van der Waals surface area contributed by atoms with Crippen molar-refractivity contribution < 1.29 is 0 Å². The summed E-state index contributed by atoms with van der Waals surface area (Å²) in [6.07, 6.45) is 7.49. The highest BCUT2D eigenvalue weighted by Gasteiger charge is 2.14. The zero-order valence-electron chi connectivity index (χ0n) is 31.4. The van der Waals surface area contributed by atoms with E-state index in [1.807, 2.05) is 30.3 Å². The normalized spacial score (nSPS) is 11.6. The van der Waals surface area contributed by atoms with Gasteiger partial charge in [0, 0.05) is 11.1 Å². The molecule has 0 saturated carbocycles. The van der Waals surface area contributed by atoms with Crippen LogP contribution in [0.3, 0.4) is 0 Å². The number of benzene rings is 7. The third-order valence-electron chi connectivity index (χ3n) is 9.81. The van der Waals surface area contributed by atoms with Crippen LogP contribution in [0, 0.1) is 0 Å². The minimum Gasteiger partial charge on any atom is -0.208 e. The first-order valence-corrected chi connectivity index (χ1v) is 19.4. The number of rotatable bonds is 10. The molecule has 0 unspecified atom stereocenters. The highest BCUT2D eigenvalue weighted by Crippen LogP contribution is 2.36. The number of nitrogens with zero attached hydrogens (tertiary/aromatic N) is 3. The molecule has 7 aromatic carbocycles. The van der Waals surface area contributed by atoms with Gasteiger partial charge in [0.2, 0.25) is 5.28 Å². The fourth-order valence-corrected chi connectivity index (χ4v) is 7.27. The molecule has 8 rings (SSSR count). The highest BCUT2D eigenvalue weighted by molar-refractivity contribution is 6.28. The van der Waals surface area contributed by atoms with E-state index in [2.05, 4.69) is 188 Å². The molecule has 0 aliphatic rings. The van der Waals surface area contributed by atoms with Gasteiger partial charge in [0.25, 0.3) is 0 Å². The first-order valence-electron chi connectivity index (χ1n) is 19.0. The molecule has 0 radical (unpaired) electrons. The quantitative estimate of drug-likeness (QED) is 0.131. The van der Waals surface area contributed by atoms with Crippen LogP contribution in [0.25, 0.3) is 84.0 Å². The van der Waals surface area contributed by atoms with Gasteiger partial charge < -0.3 is 0 Å². The maximum Gasteiger partial charge on any atom is 0.226 e. The molecule has 8 aromatic rings. The van der Waals surface area contributed by atoms with Crippen molar-refractivity contribution in [2.45, 2.75) is 20.3 Å². The lowest BCUT2D eigenvalue weighted by molar-refractivity contribution is 1.07. The Labute approximate surface area is 334 Å². The summed E-state index contributed by atoms with van der Waals surface area (Å²) < 4.78 is 0. The summed E-state index contributed by atoms with van der Waals surface area (Å²) in [5.41, 5.74) is 15.4. The van der Waals surface area contributed by atoms with Crippen molar-refractivity contribution in [1.82, 2.24) is 15.0 Å². The Morgan fingerprint density at radius 3 is 1.21 bits per heavy atom. The van der Waals surface area contributed by atoms with Crippen LogP contribution in [0.1, 0.15) is 25.8 Å². The van der Waals surface area contributed by atoms with Crippen molar-refractivity contribution >= 4 is 17.2 Å². The maximum absolute atomic E-state index is 6.67. The second-order valence-corrected chi connectivity index (χ2v) is 14.0. The molecule has 3 nitrogen and oxygen atoms in total. The first-order chi connectivity index (χ1) is 27.5. The predicted molar refractivity (Wildman–Crippen MR) is 236 cm³/mol. The molecular weight excluding hydrogens is 702 g/mol. The van der Waals surface area contributed by atoms with Gasteiger partial charge in [0.05, 0.1) is 0 Å². The van der Waals surface area contributed by atoms with Crippen molar-refractivity contribution in [3.8, 4) is 78.4 Å². The van der Waals surface area contributed by atoms with Crippen LogP contribution in [0.5, 0.6) is 0 Å². The summed E-state index contributed by atoms with van der Waals surface area (Å²) in [5.74, 6) is 1.04. The van der Waals surface area contributed by atoms with E-state index in [0.29, 0.717) is 11.6 Å². The summed E-state index contributed by atoms with van der Waals surface area (Å²) in [5, 5.41) is 0.146. The molecule has 0 atom stereocenters. The van der Waals surface area contributed by atoms with Gasteiger partial charge in [0.15, 0.2) is 11.6 Å². The fourth-order valence-electron chi connectivity index (χ4n) is 7.11. The van der Waals surface area contributed by atoms with E-state index in [1.165, 1.54) is 16.7 Å². The Hall–Kier alpha value is -6.68. The lowest BCUT2D eigenvalue weighted by Gasteiger charge is -2.13. The summed E-state index contributed by atoms with van der Waals surface area (Å²) in [6.45, 7) is 4.23. The van der Waals surface area contributed by atoms with Crippen molar-refractivity contribution in [3.63, 3.8) is 0 Å². The second kappa shape index (κ2) is 16.8. The zero-order valence-corrected chi connectivity index (χ0v) is 32.2. The smallest absolute Gasteiger partial charge is 0.208 e. The molecule has 4 heteroatoms. The Balaban J connectivity index is 1.18. The molecule has 1 heterocycles. The van der Waals surface area contributed by atoms with E-state index in [1.54, 1.807) is 0 Å². The molecule has 0 aliphatic carbocycles. The third-order valence-corrected chi connectivity index (χ3v) is 9.98. The minimum atomic E-state index is 0.146. The second-order valence-electron chi connectivity index (χ2n) is 13.7. The van der Waals surface area contributed by atoms with E-state index < -0.39 is 0 Å². The van der Waals surface area contributed by atoms with Gasteiger partial charge in [-0.3, -0.25) is 0 Å². The molecule has 0 aliphatic heterocycles. The highest BCUT2D eigenvalue weighted by atomic mass is 35.5. The Kier molecular flexibility index (Phi) is 10.9. The van der Waals surface area contributed by atoms with Crippen LogP contribution >= 0.6 is 11.6 Å². The molecule has 0 fully saturated rings. The minimum absolute atomic E-state index is 0.146. The first kappa shape index (κ1) is 36.3. The van der Waals surface area contributed by atoms with Gasteiger partial charge >= 0.3 is 0 Å². The van der Waals surface area contributed by atoms with Gasteiger partial charge in [-0.05, 0) is 140 Å². The maximum atomic E-state index is 6.67. The standard InChI is InChI=1S/C52H40ClN3/c1-3-16-36(17-4-2)44-30-45(37-18-8-5-9-19-37)33-48(32-44)40-24-14-26-42(28-40)50-54-51(56-52(53)55-50)43-27-15-25-41(29-43)49-34-46(38-20-10-6-11-21-38)31-47(35-49)39-22-12-7-13-23-39/h3,5-35H,4H2,1-2H3/b16-3-,36-17+. The van der Waals surface area contributed by atoms with E-state index in [4.69, 9.17) is 16.6 Å². The molecule has 0 saturated heterocycles. The molecular formula is C52H40ClN3. The third kappa shape index (κ3) is 8.19. The largest absolute Gasteiger partial charge is 0.226 e. The Bertz CT molecular complexity index is 2630. The predicted octanol–water partition coefficient (Wildman–Crippen LogP) is 14.6. The monoisotopic (exact) mass is 741 g/mol. The molecule has 0 N–H and O–H groups in total. The topological polar surface area (TPSA) is 38.7 Å². The SMILES string of the molecule is C/C=C\C(=C/CC)c1cc(-c2ccccc2)cc(-c2cccc(-c3nc(Cl)nc(-c4cccc(-c5cc(-c6ccccc6)cc(-c6ccccc6)c5)c4)n3)c2)c1. The van der Waals surface area contributed by atoms with Crippen molar-refractivity contribution in [2.24, 2.45) is 0 Å². The van der Waals surface area contributed by atoms with Gasteiger partial charge in [-0.1, -0.05) is 153 Å². The number of hydrogen-bond donors (Lipinski definition) is 0. The Morgan fingerprint density at radius 2 is 0.786 bits per heavy atom. The number of halogens is 1. The molecule has 56 heavy (non-hydrogen) atoms. The van der Waals surface area contributed by atoms with E-state index in [-0.39, 0.29) is 5.28 Å². The zero-order chi connectivity index (χ0) is 38.3. The van der Waals surface area contributed by atoms with Crippen LogP contribution in [0.2, 0.25) is 5.28 Å². The van der Waals surface area contributed by atoms with E-state index >= 15 is 0 Å². The van der Waals surface area contributed by atoms with Crippen LogP contribution in [-0.2, 0) is 0 Å².